The lowest BCUT2D eigenvalue weighted by molar-refractivity contribution is 0.150. The minimum Gasteiger partial charge on any atom is -0.0856 e. The van der Waals surface area contributed by atoms with Crippen molar-refractivity contribution in [2.24, 2.45) is 22.7 Å². The zero-order valence-electron chi connectivity index (χ0n) is 10.4. The van der Waals surface area contributed by atoms with Crippen molar-refractivity contribution in [2.75, 3.05) is 0 Å². The average molecular weight is 192 g/mol. The third kappa shape index (κ3) is 1.26. The topological polar surface area (TPSA) is 0 Å². The van der Waals surface area contributed by atoms with E-state index in [-0.39, 0.29) is 0 Å². The van der Waals surface area contributed by atoms with Crippen molar-refractivity contribution < 1.29 is 0 Å². The maximum atomic E-state index is 2.50. The molecular formula is C14H24. The maximum absolute atomic E-state index is 2.50. The predicted octanol–water partition coefficient (Wildman–Crippen LogP) is 4.42. The largest absolute Gasteiger partial charge is 0.0856 e. The number of hydrogen-bond acceptors (Lipinski definition) is 0. The fourth-order valence-corrected chi connectivity index (χ4v) is 3.46. The van der Waals surface area contributed by atoms with Gasteiger partial charge in [0.05, 0.1) is 0 Å². The minimum absolute atomic E-state index is 0.573. The van der Waals surface area contributed by atoms with Crippen molar-refractivity contribution >= 4 is 0 Å². The van der Waals surface area contributed by atoms with Gasteiger partial charge in [-0.3, -0.25) is 0 Å². The van der Waals surface area contributed by atoms with Gasteiger partial charge in [0.1, 0.15) is 0 Å². The molecule has 2 rings (SSSR count). The molecule has 0 aromatic rings. The van der Waals surface area contributed by atoms with Gasteiger partial charge in [0.2, 0.25) is 0 Å². The number of allylic oxidation sites excluding steroid dienone is 2. The summed E-state index contributed by atoms with van der Waals surface area (Å²) < 4.78 is 0. The molecule has 0 N–H and O–H groups in total. The molecule has 0 radical (unpaired) electrons. The zero-order valence-corrected chi connectivity index (χ0v) is 10.4. The molecular weight excluding hydrogens is 168 g/mol. The Balaban J connectivity index is 2.06. The summed E-state index contributed by atoms with van der Waals surface area (Å²) in [7, 11) is 0. The molecule has 0 spiro atoms. The van der Waals surface area contributed by atoms with Crippen LogP contribution in [0.2, 0.25) is 0 Å². The Morgan fingerprint density at radius 2 is 1.93 bits per heavy atom. The standard InChI is InChI=1S/C14H24/c1-10(2)6-7-11-8-12-9-14(12,5)13(11,3)4/h6,11-12H,7-9H2,1-5H3. The van der Waals surface area contributed by atoms with E-state index in [1.807, 2.05) is 0 Å². The molecule has 0 aliphatic heterocycles. The summed E-state index contributed by atoms with van der Waals surface area (Å²) in [6, 6.07) is 0. The monoisotopic (exact) mass is 192 g/mol. The van der Waals surface area contributed by atoms with E-state index >= 15 is 0 Å². The second kappa shape index (κ2) is 2.87. The Morgan fingerprint density at radius 3 is 2.36 bits per heavy atom. The van der Waals surface area contributed by atoms with Crippen LogP contribution >= 0.6 is 0 Å². The van der Waals surface area contributed by atoms with Gasteiger partial charge < -0.3 is 0 Å². The zero-order chi connectivity index (χ0) is 10.6. The molecule has 80 valence electrons. The summed E-state index contributed by atoms with van der Waals surface area (Å²) >= 11 is 0. The molecule has 0 amide bonds. The van der Waals surface area contributed by atoms with Gasteiger partial charge in [0.25, 0.3) is 0 Å². The van der Waals surface area contributed by atoms with Gasteiger partial charge in [0, 0.05) is 0 Å². The molecule has 3 unspecified atom stereocenters. The molecule has 2 aliphatic carbocycles. The first-order valence-corrected chi connectivity index (χ1v) is 6.01. The first kappa shape index (κ1) is 10.3. The van der Waals surface area contributed by atoms with Crippen LogP contribution in [0.4, 0.5) is 0 Å². The highest BCUT2D eigenvalue weighted by Gasteiger charge is 2.66. The van der Waals surface area contributed by atoms with Gasteiger partial charge in [-0.25, -0.2) is 0 Å². The first-order chi connectivity index (χ1) is 6.38. The van der Waals surface area contributed by atoms with E-state index in [4.69, 9.17) is 0 Å². The van der Waals surface area contributed by atoms with Crippen molar-refractivity contribution in [1.82, 2.24) is 0 Å². The lowest BCUT2D eigenvalue weighted by Gasteiger charge is -2.35. The smallest absolute Gasteiger partial charge is 0.0240 e. The molecule has 0 saturated heterocycles. The Morgan fingerprint density at radius 1 is 1.29 bits per heavy atom. The van der Waals surface area contributed by atoms with E-state index < -0.39 is 0 Å². The van der Waals surface area contributed by atoms with Crippen LogP contribution in [-0.4, -0.2) is 0 Å². The van der Waals surface area contributed by atoms with E-state index in [1.54, 1.807) is 0 Å². The number of rotatable bonds is 2. The predicted molar refractivity (Wildman–Crippen MR) is 62.2 cm³/mol. The maximum Gasteiger partial charge on any atom is -0.0240 e. The Kier molecular flexibility index (Phi) is 2.10. The van der Waals surface area contributed by atoms with Crippen LogP contribution in [0.25, 0.3) is 0 Å². The fourth-order valence-electron chi connectivity index (χ4n) is 3.46. The second-order valence-electron chi connectivity index (χ2n) is 6.49. The SMILES string of the molecule is CC(C)=CCC1CC2CC2(C)C1(C)C. The highest BCUT2D eigenvalue weighted by Crippen LogP contribution is 2.74. The van der Waals surface area contributed by atoms with Crippen molar-refractivity contribution in [2.45, 2.75) is 53.9 Å². The lowest BCUT2D eigenvalue weighted by Crippen LogP contribution is -2.27. The van der Waals surface area contributed by atoms with Crippen LogP contribution in [-0.2, 0) is 0 Å². The molecule has 0 aromatic heterocycles. The molecule has 0 heterocycles. The highest BCUT2D eigenvalue weighted by atomic mass is 14.7. The van der Waals surface area contributed by atoms with Crippen molar-refractivity contribution in [3.8, 4) is 0 Å². The van der Waals surface area contributed by atoms with Crippen LogP contribution in [0.5, 0.6) is 0 Å². The summed E-state index contributed by atoms with van der Waals surface area (Å²) in [5.74, 6) is 1.98. The molecule has 3 atom stereocenters. The van der Waals surface area contributed by atoms with Gasteiger partial charge in [-0.15, -0.1) is 0 Å². The quantitative estimate of drug-likeness (QED) is 0.568. The highest BCUT2D eigenvalue weighted by molar-refractivity contribution is 5.16. The van der Waals surface area contributed by atoms with Gasteiger partial charge in [0.15, 0.2) is 0 Å². The van der Waals surface area contributed by atoms with E-state index in [9.17, 15) is 0 Å². The normalized spacial score (nSPS) is 43.2. The van der Waals surface area contributed by atoms with Gasteiger partial charge in [-0.05, 0) is 55.8 Å². The van der Waals surface area contributed by atoms with Crippen LogP contribution in [0.3, 0.4) is 0 Å². The average Bonchev–Trinajstić information content (AvgIpc) is 2.66. The van der Waals surface area contributed by atoms with Gasteiger partial charge >= 0.3 is 0 Å². The number of fused-ring (bicyclic) bond motifs is 1. The molecule has 2 saturated carbocycles. The molecule has 0 aromatic carbocycles. The molecule has 0 heteroatoms. The lowest BCUT2D eigenvalue weighted by atomic mass is 9.70. The number of hydrogen-bond donors (Lipinski definition) is 0. The third-order valence-electron chi connectivity index (χ3n) is 5.28. The Bertz CT molecular complexity index is 268. The van der Waals surface area contributed by atoms with Crippen LogP contribution in [0, 0.1) is 22.7 Å². The summed E-state index contributed by atoms with van der Waals surface area (Å²) in [5, 5.41) is 0. The van der Waals surface area contributed by atoms with Crippen molar-refractivity contribution in [3.63, 3.8) is 0 Å². The summed E-state index contributed by atoms with van der Waals surface area (Å²) in [5.41, 5.74) is 2.74. The van der Waals surface area contributed by atoms with E-state index in [1.165, 1.54) is 24.8 Å². The summed E-state index contributed by atoms with van der Waals surface area (Å²) in [4.78, 5) is 0. The van der Waals surface area contributed by atoms with E-state index in [0.29, 0.717) is 10.8 Å². The minimum atomic E-state index is 0.573. The fraction of sp³-hybridized carbons (Fsp3) is 0.857. The van der Waals surface area contributed by atoms with Crippen molar-refractivity contribution in [3.05, 3.63) is 11.6 Å². The van der Waals surface area contributed by atoms with Crippen LogP contribution in [0.15, 0.2) is 11.6 Å². The van der Waals surface area contributed by atoms with Crippen LogP contribution in [0.1, 0.15) is 53.9 Å². The van der Waals surface area contributed by atoms with E-state index in [2.05, 4.69) is 40.7 Å². The van der Waals surface area contributed by atoms with Gasteiger partial charge in [-0.2, -0.15) is 0 Å². The molecule has 0 bridgehead atoms. The Labute approximate surface area is 88.8 Å². The van der Waals surface area contributed by atoms with E-state index in [0.717, 1.165) is 11.8 Å². The Hall–Kier alpha value is -0.260. The summed E-state index contributed by atoms with van der Waals surface area (Å²) in [6.45, 7) is 11.9. The van der Waals surface area contributed by atoms with Crippen molar-refractivity contribution in [1.29, 1.82) is 0 Å². The molecule has 2 fully saturated rings. The second-order valence-corrected chi connectivity index (χ2v) is 6.49. The van der Waals surface area contributed by atoms with Gasteiger partial charge in [-0.1, -0.05) is 32.4 Å². The third-order valence-corrected chi connectivity index (χ3v) is 5.28. The van der Waals surface area contributed by atoms with Crippen LogP contribution < -0.4 is 0 Å². The molecule has 0 nitrogen and oxygen atoms in total. The molecule has 2 aliphatic rings. The summed E-state index contributed by atoms with van der Waals surface area (Å²) in [6.07, 6.45) is 6.71. The molecule has 14 heavy (non-hydrogen) atoms. The first-order valence-electron chi connectivity index (χ1n) is 6.01.